The topological polar surface area (TPSA) is 84.5 Å². The zero-order valence-corrected chi connectivity index (χ0v) is 17.3. The summed E-state index contributed by atoms with van der Waals surface area (Å²) in [5.74, 6) is -2.06. The molecule has 2 aromatic rings. The third-order valence-electron chi connectivity index (χ3n) is 4.16. The number of carbonyl (C=O) groups excluding carboxylic acids is 3. The largest absolute Gasteiger partial charge is 0.456 e. The minimum atomic E-state index is -4.59. The fourth-order valence-electron chi connectivity index (χ4n) is 2.58. The van der Waals surface area contributed by atoms with Crippen LogP contribution in [0.2, 0.25) is 5.02 Å². The fraction of sp³-hybridized carbons (Fsp3) is 0.286. The van der Waals surface area contributed by atoms with Crippen LogP contribution >= 0.6 is 11.6 Å². The second-order valence-corrected chi connectivity index (χ2v) is 6.87. The normalized spacial score (nSPS) is 11.0. The van der Waals surface area contributed by atoms with Crippen molar-refractivity contribution in [2.24, 2.45) is 0 Å². The van der Waals surface area contributed by atoms with E-state index in [1.165, 1.54) is 0 Å². The maximum Gasteiger partial charge on any atom is 0.416 e. The molecule has 10 heteroatoms. The summed E-state index contributed by atoms with van der Waals surface area (Å²) < 4.78 is 43.1. The lowest BCUT2D eigenvalue weighted by atomic mass is 10.1. The SMILES string of the molecule is CCc1ccccc1NC(=O)COC(=O)CCC(=O)Nc1cc(C(F)(F)F)ccc1Cl. The van der Waals surface area contributed by atoms with Crippen LogP contribution in [0.4, 0.5) is 24.5 Å². The molecule has 0 radical (unpaired) electrons. The van der Waals surface area contributed by atoms with Crippen LogP contribution in [0, 0.1) is 0 Å². The summed E-state index contributed by atoms with van der Waals surface area (Å²) in [5.41, 5.74) is 0.349. The van der Waals surface area contributed by atoms with E-state index in [4.69, 9.17) is 16.3 Å². The molecule has 2 rings (SSSR count). The van der Waals surface area contributed by atoms with Gasteiger partial charge in [0.25, 0.3) is 5.91 Å². The van der Waals surface area contributed by atoms with Gasteiger partial charge in [0.2, 0.25) is 5.91 Å². The zero-order valence-electron chi connectivity index (χ0n) is 16.5. The number of ether oxygens (including phenoxy) is 1. The van der Waals surface area contributed by atoms with E-state index in [1.807, 2.05) is 19.1 Å². The molecule has 0 saturated carbocycles. The van der Waals surface area contributed by atoms with Gasteiger partial charge in [-0.25, -0.2) is 0 Å². The molecule has 2 N–H and O–H groups in total. The number of anilines is 2. The summed E-state index contributed by atoms with van der Waals surface area (Å²) in [4.78, 5) is 35.7. The van der Waals surface area contributed by atoms with Crippen molar-refractivity contribution < 1.29 is 32.3 Å². The van der Waals surface area contributed by atoms with Crippen LogP contribution in [0.25, 0.3) is 0 Å². The molecule has 0 spiro atoms. The number of esters is 1. The van der Waals surface area contributed by atoms with Crippen LogP contribution in [0.1, 0.15) is 30.9 Å². The first-order chi connectivity index (χ1) is 14.6. The number of halogens is 4. The number of rotatable bonds is 8. The Kier molecular flexibility index (Phi) is 8.44. The third kappa shape index (κ3) is 7.60. The number of hydrogen-bond acceptors (Lipinski definition) is 4. The van der Waals surface area contributed by atoms with E-state index in [2.05, 4.69) is 10.6 Å². The van der Waals surface area contributed by atoms with Crippen LogP contribution in [0.5, 0.6) is 0 Å². The molecule has 0 heterocycles. The van der Waals surface area contributed by atoms with Gasteiger partial charge in [0.1, 0.15) is 0 Å². The highest BCUT2D eigenvalue weighted by molar-refractivity contribution is 6.33. The Balaban J connectivity index is 1.80. The molecule has 6 nitrogen and oxygen atoms in total. The van der Waals surface area contributed by atoms with Crippen molar-refractivity contribution in [1.82, 2.24) is 0 Å². The first-order valence-electron chi connectivity index (χ1n) is 9.30. The van der Waals surface area contributed by atoms with Crippen molar-refractivity contribution in [3.63, 3.8) is 0 Å². The number of aryl methyl sites for hydroxylation is 1. The van der Waals surface area contributed by atoms with Crippen LogP contribution < -0.4 is 10.6 Å². The van der Waals surface area contributed by atoms with Crippen LogP contribution in [0.15, 0.2) is 42.5 Å². The molecule has 0 atom stereocenters. The lowest BCUT2D eigenvalue weighted by Crippen LogP contribution is -2.22. The summed E-state index contributed by atoms with van der Waals surface area (Å²) in [5, 5.41) is 4.79. The van der Waals surface area contributed by atoms with E-state index in [9.17, 15) is 27.6 Å². The molecule has 31 heavy (non-hydrogen) atoms. The highest BCUT2D eigenvalue weighted by atomic mass is 35.5. The van der Waals surface area contributed by atoms with Gasteiger partial charge in [-0.1, -0.05) is 36.7 Å². The lowest BCUT2D eigenvalue weighted by Gasteiger charge is -2.12. The van der Waals surface area contributed by atoms with E-state index in [1.54, 1.807) is 12.1 Å². The van der Waals surface area contributed by atoms with Crippen LogP contribution in [-0.4, -0.2) is 24.4 Å². The summed E-state index contributed by atoms with van der Waals surface area (Å²) in [6, 6.07) is 9.70. The summed E-state index contributed by atoms with van der Waals surface area (Å²) in [6.45, 7) is 1.40. The summed E-state index contributed by atoms with van der Waals surface area (Å²) >= 11 is 5.81. The number of para-hydroxylation sites is 1. The molecule has 0 saturated heterocycles. The second kappa shape index (κ2) is 10.8. The lowest BCUT2D eigenvalue weighted by molar-refractivity contribution is -0.147. The Morgan fingerprint density at radius 3 is 2.32 bits per heavy atom. The number of benzene rings is 2. The molecule has 2 amide bonds. The molecule has 2 aromatic carbocycles. The van der Waals surface area contributed by atoms with E-state index >= 15 is 0 Å². The molecule has 0 aliphatic heterocycles. The van der Waals surface area contributed by atoms with E-state index in [0.29, 0.717) is 18.2 Å². The Hall–Kier alpha value is -3.07. The Morgan fingerprint density at radius 2 is 1.65 bits per heavy atom. The average molecular weight is 457 g/mol. The molecule has 0 aliphatic rings. The van der Waals surface area contributed by atoms with Crippen molar-refractivity contribution in [2.75, 3.05) is 17.2 Å². The number of alkyl halides is 3. The van der Waals surface area contributed by atoms with Crippen molar-refractivity contribution in [1.29, 1.82) is 0 Å². The number of carbonyl (C=O) groups is 3. The minimum absolute atomic E-state index is 0.0760. The Bertz CT molecular complexity index is 964. The molecular formula is C21H20ClF3N2O4. The third-order valence-corrected chi connectivity index (χ3v) is 4.49. The van der Waals surface area contributed by atoms with Gasteiger partial charge < -0.3 is 15.4 Å². The minimum Gasteiger partial charge on any atom is -0.456 e. The van der Waals surface area contributed by atoms with E-state index in [0.717, 1.165) is 17.7 Å². The average Bonchev–Trinajstić information content (AvgIpc) is 2.72. The van der Waals surface area contributed by atoms with Crippen molar-refractivity contribution >= 4 is 40.8 Å². The number of hydrogen-bond donors (Lipinski definition) is 2. The smallest absolute Gasteiger partial charge is 0.416 e. The van der Waals surface area contributed by atoms with Gasteiger partial charge in [0.15, 0.2) is 6.61 Å². The second-order valence-electron chi connectivity index (χ2n) is 6.46. The number of nitrogens with one attached hydrogen (secondary N) is 2. The number of amides is 2. The van der Waals surface area contributed by atoms with Crippen molar-refractivity contribution in [3.05, 3.63) is 58.6 Å². The maximum atomic E-state index is 12.8. The van der Waals surface area contributed by atoms with Gasteiger partial charge in [0, 0.05) is 12.1 Å². The van der Waals surface area contributed by atoms with Gasteiger partial charge in [0.05, 0.1) is 22.7 Å². The molecule has 0 fully saturated rings. The summed E-state index contributed by atoms with van der Waals surface area (Å²) in [6.07, 6.45) is -4.60. The molecular weight excluding hydrogens is 437 g/mol. The van der Waals surface area contributed by atoms with Crippen molar-refractivity contribution in [2.45, 2.75) is 32.4 Å². The van der Waals surface area contributed by atoms with Crippen LogP contribution in [0.3, 0.4) is 0 Å². The van der Waals surface area contributed by atoms with Gasteiger partial charge >= 0.3 is 12.1 Å². The quantitative estimate of drug-likeness (QED) is 0.558. The van der Waals surface area contributed by atoms with Crippen LogP contribution in [-0.2, 0) is 31.7 Å². The van der Waals surface area contributed by atoms with Gasteiger partial charge in [-0.15, -0.1) is 0 Å². The predicted molar refractivity (Wildman–Crippen MR) is 110 cm³/mol. The monoisotopic (exact) mass is 456 g/mol. The maximum absolute atomic E-state index is 12.8. The Morgan fingerprint density at radius 1 is 0.968 bits per heavy atom. The van der Waals surface area contributed by atoms with E-state index in [-0.39, 0.29) is 23.6 Å². The molecule has 0 bridgehead atoms. The standard InChI is InChI=1S/C21H20ClF3N2O4/c1-2-13-5-3-4-6-16(13)26-19(29)12-31-20(30)10-9-18(28)27-17-11-14(21(23,24)25)7-8-15(17)22/h3-8,11H,2,9-10,12H2,1H3,(H,26,29)(H,27,28). The zero-order chi connectivity index (χ0) is 23.0. The summed E-state index contributed by atoms with van der Waals surface area (Å²) in [7, 11) is 0. The molecule has 0 aromatic heterocycles. The molecule has 0 aliphatic carbocycles. The first-order valence-corrected chi connectivity index (χ1v) is 9.68. The Labute approximate surface area is 181 Å². The van der Waals surface area contributed by atoms with Gasteiger partial charge in [-0.05, 0) is 36.2 Å². The van der Waals surface area contributed by atoms with Gasteiger partial charge in [-0.3, -0.25) is 14.4 Å². The van der Waals surface area contributed by atoms with Crippen molar-refractivity contribution in [3.8, 4) is 0 Å². The predicted octanol–water partition coefficient (Wildman–Crippen LogP) is 4.82. The van der Waals surface area contributed by atoms with E-state index < -0.39 is 36.1 Å². The fourth-order valence-corrected chi connectivity index (χ4v) is 2.75. The highest BCUT2D eigenvalue weighted by Crippen LogP contribution is 2.33. The molecule has 166 valence electrons. The molecule has 0 unspecified atom stereocenters. The first kappa shape index (κ1) is 24.2. The van der Waals surface area contributed by atoms with Gasteiger partial charge in [-0.2, -0.15) is 13.2 Å². The highest BCUT2D eigenvalue weighted by Gasteiger charge is 2.31.